The summed E-state index contributed by atoms with van der Waals surface area (Å²) in [6.45, 7) is 5.33. The van der Waals surface area contributed by atoms with Crippen LogP contribution in [-0.4, -0.2) is 41.5 Å². The van der Waals surface area contributed by atoms with E-state index in [4.69, 9.17) is 0 Å². The Kier molecular flexibility index (Phi) is 5.33. The number of aromatic nitrogens is 1. The molecule has 1 aromatic heterocycles. The van der Waals surface area contributed by atoms with Gasteiger partial charge in [0.05, 0.1) is 0 Å². The van der Waals surface area contributed by atoms with E-state index in [1.165, 1.54) is 25.8 Å². The van der Waals surface area contributed by atoms with E-state index >= 15 is 0 Å². The maximum Gasteiger partial charge on any atom is 0.251 e. The van der Waals surface area contributed by atoms with Gasteiger partial charge in [-0.15, -0.1) is 0 Å². The fourth-order valence-electron chi connectivity index (χ4n) is 2.58. The van der Waals surface area contributed by atoms with Crippen LogP contribution in [0.25, 0.3) is 0 Å². The normalized spacial score (nSPS) is 20.2. The van der Waals surface area contributed by atoms with E-state index in [1.807, 2.05) is 0 Å². The summed E-state index contributed by atoms with van der Waals surface area (Å²) in [7, 11) is 0. The molecule has 0 unspecified atom stereocenters. The first kappa shape index (κ1) is 14.0. The molecule has 0 bridgehead atoms. The van der Waals surface area contributed by atoms with Gasteiger partial charge in [0, 0.05) is 37.1 Å². The first-order chi connectivity index (χ1) is 9.27. The van der Waals surface area contributed by atoms with Gasteiger partial charge in [-0.05, 0) is 44.9 Å². The highest BCUT2D eigenvalue weighted by Crippen LogP contribution is 2.16. The molecule has 1 aromatic rings. The summed E-state index contributed by atoms with van der Waals surface area (Å²) in [5, 5.41) is 2.96. The van der Waals surface area contributed by atoms with Crippen molar-refractivity contribution in [1.29, 1.82) is 0 Å². The molecule has 0 aliphatic carbocycles. The van der Waals surface area contributed by atoms with Gasteiger partial charge in [-0.2, -0.15) is 0 Å². The molecule has 0 radical (unpaired) electrons. The summed E-state index contributed by atoms with van der Waals surface area (Å²) >= 11 is 0. The van der Waals surface area contributed by atoms with E-state index < -0.39 is 0 Å². The van der Waals surface area contributed by atoms with Crippen molar-refractivity contribution in [3.05, 3.63) is 30.1 Å². The summed E-state index contributed by atoms with van der Waals surface area (Å²) in [6, 6.07) is 4.18. The summed E-state index contributed by atoms with van der Waals surface area (Å²) in [6.07, 6.45) is 8.28. The Balaban J connectivity index is 1.65. The van der Waals surface area contributed by atoms with E-state index in [1.54, 1.807) is 24.5 Å². The molecular formula is C15H23N3O. The average molecular weight is 261 g/mol. The molecule has 2 rings (SSSR count). The van der Waals surface area contributed by atoms with Crippen molar-refractivity contribution in [2.45, 2.75) is 38.6 Å². The zero-order chi connectivity index (χ0) is 13.5. The molecule has 104 valence electrons. The lowest BCUT2D eigenvalue weighted by Crippen LogP contribution is -2.39. The van der Waals surface area contributed by atoms with Crippen LogP contribution in [-0.2, 0) is 0 Å². The zero-order valence-corrected chi connectivity index (χ0v) is 11.6. The first-order valence-corrected chi connectivity index (χ1v) is 7.19. The van der Waals surface area contributed by atoms with E-state index in [9.17, 15) is 4.79 Å². The molecule has 1 atom stereocenters. The SMILES string of the molecule is C[C@H]1CCCCN1CCCNC(=O)c1ccncc1. The second-order valence-corrected chi connectivity index (χ2v) is 5.23. The maximum absolute atomic E-state index is 11.8. The summed E-state index contributed by atoms with van der Waals surface area (Å²) in [4.78, 5) is 18.2. The molecular weight excluding hydrogens is 238 g/mol. The number of hydrogen-bond acceptors (Lipinski definition) is 3. The molecule has 19 heavy (non-hydrogen) atoms. The maximum atomic E-state index is 11.8. The number of nitrogens with zero attached hydrogens (tertiary/aromatic N) is 2. The summed E-state index contributed by atoms with van der Waals surface area (Å²) < 4.78 is 0. The molecule has 1 N–H and O–H groups in total. The minimum Gasteiger partial charge on any atom is -0.352 e. The number of carbonyl (C=O) groups is 1. The molecule has 4 nitrogen and oxygen atoms in total. The third-order valence-electron chi connectivity index (χ3n) is 3.79. The van der Waals surface area contributed by atoms with Gasteiger partial charge in [0.1, 0.15) is 0 Å². The molecule has 0 spiro atoms. The molecule has 1 fully saturated rings. The van der Waals surface area contributed by atoms with Crippen molar-refractivity contribution in [2.75, 3.05) is 19.6 Å². The first-order valence-electron chi connectivity index (χ1n) is 7.19. The van der Waals surface area contributed by atoms with E-state index in [2.05, 4.69) is 22.1 Å². The lowest BCUT2D eigenvalue weighted by atomic mass is 10.0. The number of pyridine rings is 1. The fraction of sp³-hybridized carbons (Fsp3) is 0.600. The second kappa shape index (κ2) is 7.24. The zero-order valence-electron chi connectivity index (χ0n) is 11.6. The van der Waals surface area contributed by atoms with Crippen LogP contribution in [0.2, 0.25) is 0 Å². The van der Waals surface area contributed by atoms with Crippen LogP contribution in [0.3, 0.4) is 0 Å². The third-order valence-corrected chi connectivity index (χ3v) is 3.79. The largest absolute Gasteiger partial charge is 0.352 e. The standard InChI is InChI=1S/C15H23N3O/c1-13-5-2-3-11-18(13)12-4-8-17-15(19)14-6-9-16-10-7-14/h6-7,9-10,13H,2-5,8,11-12H2,1H3,(H,17,19)/t13-/m0/s1. The van der Waals surface area contributed by atoms with Crippen LogP contribution in [0, 0.1) is 0 Å². The van der Waals surface area contributed by atoms with Crippen LogP contribution < -0.4 is 5.32 Å². The predicted molar refractivity (Wildman–Crippen MR) is 76.1 cm³/mol. The highest BCUT2D eigenvalue weighted by Gasteiger charge is 2.17. The lowest BCUT2D eigenvalue weighted by Gasteiger charge is -2.33. The smallest absolute Gasteiger partial charge is 0.251 e. The molecule has 1 saturated heterocycles. The summed E-state index contributed by atoms with van der Waals surface area (Å²) in [5.74, 6) is -0.00547. The van der Waals surface area contributed by atoms with Crippen molar-refractivity contribution in [1.82, 2.24) is 15.2 Å². The van der Waals surface area contributed by atoms with Crippen LogP contribution in [0.4, 0.5) is 0 Å². The molecule has 0 saturated carbocycles. The Labute approximate surface area is 115 Å². The highest BCUT2D eigenvalue weighted by atomic mass is 16.1. The Morgan fingerprint density at radius 2 is 2.21 bits per heavy atom. The number of rotatable bonds is 5. The van der Waals surface area contributed by atoms with Crippen LogP contribution >= 0.6 is 0 Å². The van der Waals surface area contributed by atoms with Gasteiger partial charge < -0.3 is 10.2 Å². The van der Waals surface area contributed by atoms with E-state index in [0.29, 0.717) is 11.6 Å². The van der Waals surface area contributed by atoms with Gasteiger partial charge in [-0.1, -0.05) is 6.42 Å². The monoisotopic (exact) mass is 261 g/mol. The highest BCUT2D eigenvalue weighted by molar-refractivity contribution is 5.93. The molecule has 2 heterocycles. The minimum absolute atomic E-state index is 0.00547. The van der Waals surface area contributed by atoms with Crippen molar-refractivity contribution in [3.63, 3.8) is 0 Å². The van der Waals surface area contributed by atoms with Crippen molar-refractivity contribution in [3.8, 4) is 0 Å². The Morgan fingerprint density at radius 3 is 2.95 bits per heavy atom. The number of nitrogens with one attached hydrogen (secondary N) is 1. The number of carbonyl (C=O) groups excluding carboxylic acids is 1. The van der Waals surface area contributed by atoms with Gasteiger partial charge >= 0.3 is 0 Å². The molecule has 1 amide bonds. The third kappa shape index (κ3) is 4.31. The Morgan fingerprint density at radius 1 is 1.42 bits per heavy atom. The number of likely N-dealkylation sites (tertiary alicyclic amines) is 1. The molecule has 1 aliphatic heterocycles. The summed E-state index contributed by atoms with van der Waals surface area (Å²) in [5.41, 5.74) is 0.682. The predicted octanol–water partition coefficient (Wildman–Crippen LogP) is 2.08. The Hall–Kier alpha value is -1.42. The van der Waals surface area contributed by atoms with E-state index in [0.717, 1.165) is 19.5 Å². The topological polar surface area (TPSA) is 45.2 Å². The average Bonchev–Trinajstić information content (AvgIpc) is 2.46. The van der Waals surface area contributed by atoms with Gasteiger partial charge in [0.2, 0.25) is 0 Å². The minimum atomic E-state index is -0.00547. The van der Waals surface area contributed by atoms with Gasteiger partial charge in [0.15, 0.2) is 0 Å². The fourth-order valence-corrected chi connectivity index (χ4v) is 2.58. The van der Waals surface area contributed by atoms with Crippen LogP contribution in [0.1, 0.15) is 43.0 Å². The molecule has 0 aromatic carbocycles. The number of piperidine rings is 1. The molecule has 4 heteroatoms. The van der Waals surface area contributed by atoms with Crippen molar-refractivity contribution in [2.24, 2.45) is 0 Å². The quantitative estimate of drug-likeness (QED) is 0.825. The number of hydrogen-bond donors (Lipinski definition) is 1. The molecule has 1 aliphatic rings. The lowest BCUT2D eigenvalue weighted by molar-refractivity contribution is 0.0949. The van der Waals surface area contributed by atoms with Gasteiger partial charge in [-0.3, -0.25) is 9.78 Å². The van der Waals surface area contributed by atoms with E-state index in [-0.39, 0.29) is 5.91 Å². The number of amides is 1. The van der Waals surface area contributed by atoms with Gasteiger partial charge in [0.25, 0.3) is 5.91 Å². The van der Waals surface area contributed by atoms with Crippen molar-refractivity contribution >= 4 is 5.91 Å². The van der Waals surface area contributed by atoms with Gasteiger partial charge in [-0.25, -0.2) is 0 Å². The Bertz CT molecular complexity index is 394. The van der Waals surface area contributed by atoms with Crippen LogP contribution in [0.5, 0.6) is 0 Å². The van der Waals surface area contributed by atoms with Crippen molar-refractivity contribution < 1.29 is 4.79 Å². The van der Waals surface area contributed by atoms with Crippen LogP contribution in [0.15, 0.2) is 24.5 Å². The second-order valence-electron chi connectivity index (χ2n) is 5.23.